The zero-order valence-electron chi connectivity index (χ0n) is 18.9. The summed E-state index contributed by atoms with van der Waals surface area (Å²) in [6.07, 6.45) is -4.39. The van der Waals surface area contributed by atoms with Crippen molar-refractivity contribution in [3.05, 3.63) is 96.1 Å². The molecule has 7 heteroatoms. The van der Waals surface area contributed by atoms with Gasteiger partial charge in [-0.1, -0.05) is 54.6 Å². The first-order valence-corrected chi connectivity index (χ1v) is 11.5. The highest BCUT2D eigenvalue weighted by Gasteiger charge is 2.30. The van der Waals surface area contributed by atoms with Crippen molar-refractivity contribution >= 4 is 28.1 Å². The summed E-state index contributed by atoms with van der Waals surface area (Å²) in [4.78, 5) is 15.6. The molecule has 0 aromatic heterocycles. The van der Waals surface area contributed by atoms with E-state index in [1.807, 2.05) is 54.6 Å². The quantitative estimate of drug-likeness (QED) is 0.370. The third-order valence-electron chi connectivity index (χ3n) is 6.28. The molecule has 0 saturated carbocycles. The van der Waals surface area contributed by atoms with Crippen LogP contribution in [0.5, 0.6) is 0 Å². The maximum atomic E-state index is 13.4. The lowest BCUT2D eigenvalue weighted by Crippen LogP contribution is -2.43. The minimum atomic E-state index is -4.39. The highest BCUT2D eigenvalue weighted by Crippen LogP contribution is 2.35. The van der Waals surface area contributed by atoms with Crippen LogP contribution in [0, 0.1) is 0 Å². The number of rotatable bonds is 4. The van der Waals surface area contributed by atoms with Crippen LogP contribution in [0.15, 0.2) is 84.9 Å². The van der Waals surface area contributed by atoms with Crippen molar-refractivity contribution in [1.82, 2.24) is 5.32 Å². The van der Waals surface area contributed by atoms with Gasteiger partial charge in [0.25, 0.3) is 5.91 Å². The number of halogens is 3. The Morgan fingerprint density at radius 2 is 1.51 bits per heavy atom. The lowest BCUT2D eigenvalue weighted by molar-refractivity contribution is -0.137. The maximum Gasteiger partial charge on any atom is 0.416 e. The monoisotopic (exact) mass is 475 g/mol. The van der Waals surface area contributed by atoms with Crippen LogP contribution >= 0.6 is 0 Å². The van der Waals surface area contributed by atoms with Gasteiger partial charge in [-0.2, -0.15) is 13.2 Å². The number of fused-ring (bicyclic) bond motifs is 1. The standard InChI is InChI=1S/C28H24F3N3O/c29-28(30,31)22-11-8-19(9-12-22)21-10-13-26(34-16-14-32-15-17-34)25(18-21)33-27(35)24-7-3-5-20-4-1-2-6-23(20)24/h1-13,18,32H,14-17H2,(H,33,35). The van der Waals surface area contributed by atoms with Gasteiger partial charge in [0.15, 0.2) is 0 Å². The van der Waals surface area contributed by atoms with Crippen molar-refractivity contribution in [2.24, 2.45) is 0 Å². The Labute approximate surface area is 201 Å². The van der Waals surface area contributed by atoms with Crippen LogP contribution in [0.25, 0.3) is 21.9 Å². The average Bonchev–Trinajstić information content (AvgIpc) is 2.88. The van der Waals surface area contributed by atoms with E-state index in [4.69, 9.17) is 0 Å². The first-order valence-electron chi connectivity index (χ1n) is 11.5. The zero-order chi connectivity index (χ0) is 24.4. The Bertz CT molecular complexity index is 1350. The molecule has 0 radical (unpaired) electrons. The Morgan fingerprint density at radius 1 is 0.829 bits per heavy atom. The second-order valence-corrected chi connectivity index (χ2v) is 8.52. The molecule has 1 saturated heterocycles. The van der Waals surface area contributed by atoms with E-state index in [2.05, 4.69) is 15.5 Å². The number of nitrogens with one attached hydrogen (secondary N) is 2. The van der Waals surface area contributed by atoms with Gasteiger partial charge in [0, 0.05) is 31.7 Å². The van der Waals surface area contributed by atoms with Gasteiger partial charge in [0.1, 0.15) is 0 Å². The van der Waals surface area contributed by atoms with E-state index in [0.29, 0.717) is 16.8 Å². The summed E-state index contributed by atoms with van der Waals surface area (Å²) in [5.41, 5.74) is 2.76. The lowest BCUT2D eigenvalue weighted by Gasteiger charge is -2.31. The SMILES string of the molecule is O=C(Nc1cc(-c2ccc(C(F)(F)F)cc2)ccc1N1CCNCC1)c1cccc2ccccc12. The fourth-order valence-electron chi connectivity index (χ4n) is 4.46. The Hall–Kier alpha value is -3.84. The number of piperazine rings is 1. The minimum absolute atomic E-state index is 0.234. The van der Waals surface area contributed by atoms with Gasteiger partial charge < -0.3 is 15.5 Å². The first kappa shape index (κ1) is 22.9. The van der Waals surface area contributed by atoms with Crippen molar-refractivity contribution in [3.8, 4) is 11.1 Å². The van der Waals surface area contributed by atoms with Gasteiger partial charge in [-0.3, -0.25) is 4.79 Å². The molecule has 4 aromatic rings. The van der Waals surface area contributed by atoms with Gasteiger partial charge in [0.05, 0.1) is 16.9 Å². The van der Waals surface area contributed by atoms with E-state index >= 15 is 0 Å². The summed E-state index contributed by atoms with van der Waals surface area (Å²) in [6, 6.07) is 24.0. The summed E-state index contributed by atoms with van der Waals surface area (Å²) in [7, 11) is 0. The van der Waals surface area contributed by atoms with Crippen molar-refractivity contribution in [3.63, 3.8) is 0 Å². The molecule has 1 amide bonds. The summed E-state index contributed by atoms with van der Waals surface area (Å²) in [5, 5.41) is 8.24. The molecule has 1 aliphatic heterocycles. The molecule has 0 aliphatic carbocycles. The van der Waals surface area contributed by atoms with Gasteiger partial charge >= 0.3 is 6.18 Å². The predicted octanol–water partition coefficient (Wildman–Crippen LogP) is 6.19. The number of carbonyl (C=O) groups is 1. The van der Waals surface area contributed by atoms with Crippen LogP contribution < -0.4 is 15.5 Å². The highest BCUT2D eigenvalue weighted by atomic mass is 19.4. The number of amides is 1. The van der Waals surface area contributed by atoms with E-state index in [1.165, 1.54) is 12.1 Å². The van der Waals surface area contributed by atoms with Crippen LogP contribution in [-0.2, 0) is 6.18 Å². The van der Waals surface area contributed by atoms with E-state index in [0.717, 1.165) is 60.3 Å². The van der Waals surface area contributed by atoms with Gasteiger partial charge in [-0.15, -0.1) is 0 Å². The number of hydrogen-bond donors (Lipinski definition) is 2. The van der Waals surface area contributed by atoms with Crippen molar-refractivity contribution < 1.29 is 18.0 Å². The molecule has 1 aliphatic rings. The molecule has 4 nitrogen and oxygen atoms in total. The molecule has 1 fully saturated rings. The molecule has 4 aromatic carbocycles. The van der Waals surface area contributed by atoms with Crippen LogP contribution in [0.3, 0.4) is 0 Å². The van der Waals surface area contributed by atoms with Gasteiger partial charge in [-0.05, 0) is 52.2 Å². The fraction of sp³-hybridized carbons (Fsp3) is 0.179. The van der Waals surface area contributed by atoms with Crippen LogP contribution in [-0.4, -0.2) is 32.1 Å². The molecule has 0 bridgehead atoms. The second kappa shape index (κ2) is 9.43. The molecule has 0 unspecified atom stereocenters. The van der Waals surface area contributed by atoms with Gasteiger partial charge in [0.2, 0.25) is 0 Å². The minimum Gasteiger partial charge on any atom is -0.367 e. The molecule has 5 rings (SSSR count). The van der Waals surface area contributed by atoms with Crippen LogP contribution in [0.4, 0.5) is 24.5 Å². The normalized spacial score (nSPS) is 14.2. The number of alkyl halides is 3. The molecule has 0 atom stereocenters. The maximum absolute atomic E-state index is 13.4. The molecule has 0 spiro atoms. The topological polar surface area (TPSA) is 44.4 Å². The van der Waals surface area contributed by atoms with E-state index < -0.39 is 11.7 Å². The second-order valence-electron chi connectivity index (χ2n) is 8.52. The lowest BCUT2D eigenvalue weighted by atomic mass is 10.0. The van der Waals surface area contributed by atoms with Crippen molar-refractivity contribution in [2.75, 3.05) is 36.4 Å². The van der Waals surface area contributed by atoms with E-state index in [9.17, 15) is 18.0 Å². The van der Waals surface area contributed by atoms with Crippen molar-refractivity contribution in [1.29, 1.82) is 0 Å². The number of benzene rings is 4. The summed E-state index contributed by atoms with van der Waals surface area (Å²) >= 11 is 0. The Balaban J connectivity index is 1.52. The molecular formula is C28H24F3N3O. The number of hydrogen-bond acceptors (Lipinski definition) is 3. The van der Waals surface area contributed by atoms with Crippen molar-refractivity contribution in [2.45, 2.75) is 6.18 Å². The molecule has 2 N–H and O–H groups in total. The highest BCUT2D eigenvalue weighted by molar-refractivity contribution is 6.14. The number of anilines is 2. The smallest absolute Gasteiger partial charge is 0.367 e. The van der Waals surface area contributed by atoms with E-state index in [1.54, 1.807) is 6.07 Å². The Kier molecular flexibility index (Phi) is 6.17. The largest absolute Gasteiger partial charge is 0.416 e. The molecule has 1 heterocycles. The Morgan fingerprint density at radius 3 is 2.26 bits per heavy atom. The third-order valence-corrected chi connectivity index (χ3v) is 6.28. The summed E-state index contributed by atoms with van der Waals surface area (Å²) < 4.78 is 39.0. The molecule has 178 valence electrons. The average molecular weight is 476 g/mol. The summed E-state index contributed by atoms with van der Waals surface area (Å²) in [6.45, 7) is 3.24. The third kappa shape index (κ3) is 4.86. The number of nitrogens with zero attached hydrogens (tertiary/aromatic N) is 1. The zero-order valence-corrected chi connectivity index (χ0v) is 18.9. The molecule has 35 heavy (non-hydrogen) atoms. The van der Waals surface area contributed by atoms with Crippen LogP contribution in [0.2, 0.25) is 0 Å². The first-order chi connectivity index (χ1) is 16.9. The summed E-state index contributed by atoms with van der Waals surface area (Å²) in [5.74, 6) is -0.234. The van der Waals surface area contributed by atoms with Crippen LogP contribution in [0.1, 0.15) is 15.9 Å². The number of carbonyl (C=O) groups excluding carboxylic acids is 1. The van der Waals surface area contributed by atoms with Gasteiger partial charge in [-0.25, -0.2) is 0 Å². The van der Waals surface area contributed by atoms with E-state index in [-0.39, 0.29) is 5.91 Å². The molecular weight excluding hydrogens is 451 g/mol. The fourth-order valence-corrected chi connectivity index (χ4v) is 4.46. The predicted molar refractivity (Wildman–Crippen MR) is 134 cm³/mol.